The predicted molar refractivity (Wildman–Crippen MR) is 217 cm³/mol. The molecule has 0 saturated heterocycles. The van der Waals surface area contributed by atoms with Gasteiger partial charge in [-0.05, 0) is 57.4 Å². The van der Waals surface area contributed by atoms with E-state index in [0.717, 1.165) is 61.3 Å². The Morgan fingerprint density at radius 2 is 1.44 bits per heavy atom. The number of hydrogen-bond donors (Lipinski definition) is 0. The van der Waals surface area contributed by atoms with Gasteiger partial charge >= 0.3 is 0 Å². The summed E-state index contributed by atoms with van der Waals surface area (Å²) in [6.07, 6.45) is 2.05. The van der Waals surface area contributed by atoms with Crippen LogP contribution in [0.3, 0.4) is 0 Å². The van der Waals surface area contributed by atoms with Crippen LogP contribution in [0.1, 0.15) is 0 Å². The molecule has 0 N–H and O–H groups in total. The van der Waals surface area contributed by atoms with Crippen LogP contribution in [0.25, 0.3) is 81.5 Å². The first-order valence-electron chi connectivity index (χ1n) is 17.1. The summed E-state index contributed by atoms with van der Waals surface area (Å²) in [4.78, 5) is 9.64. The first-order chi connectivity index (χ1) is 24.9. The maximum Gasteiger partial charge on any atom is 0.120 e. The van der Waals surface area contributed by atoms with Crippen molar-refractivity contribution >= 4 is 77.7 Å². The van der Waals surface area contributed by atoms with E-state index < -0.39 is 8.07 Å². The van der Waals surface area contributed by atoms with Crippen molar-refractivity contribution < 1.29 is 24.5 Å². The summed E-state index contributed by atoms with van der Waals surface area (Å²) in [6.45, 7) is 7.04. The Bertz CT molecular complexity index is 2850. The fraction of sp³-hybridized carbons (Fsp3) is 0.0667. The van der Waals surface area contributed by atoms with E-state index in [4.69, 9.17) is 14.4 Å². The average Bonchev–Trinajstić information content (AvgIpc) is 3.86. The van der Waals surface area contributed by atoms with Gasteiger partial charge in [0.2, 0.25) is 0 Å². The zero-order valence-corrected chi connectivity index (χ0v) is 33.1. The number of rotatable bonds is 4. The molecule has 0 unspecified atom stereocenters. The Morgan fingerprint density at radius 1 is 0.692 bits per heavy atom. The van der Waals surface area contributed by atoms with Crippen LogP contribution >= 0.6 is 11.3 Å². The van der Waals surface area contributed by atoms with Gasteiger partial charge in [-0.1, -0.05) is 115 Å². The first kappa shape index (κ1) is 33.9. The summed E-state index contributed by atoms with van der Waals surface area (Å²) in [6, 6.07) is 54.7. The minimum Gasteiger partial charge on any atom is -0.501 e. The zero-order chi connectivity index (χ0) is 34.5. The number of fused-ring (bicyclic) bond motifs is 7. The molecule has 4 heterocycles. The second kappa shape index (κ2) is 13.8. The topological polar surface area (TPSA) is 43.9 Å². The molecule has 1 radical (unpaired) electrons. The molecule has 0 spiro atoms. The molecule has 6 aromatic carbocycles. The molecule has 4 aromatic heterocycles. The van der Waals surface area contributed by atoms with Gasteiger partial charge < -0.3 is 14.0 Å². The van der Waals surface area contributed by atoms with Gasteiger partial charge in [-0.2, -0.15) is 11.3 Å². The fourth-order valence-corrected chi connectivity index (χ4v) is 8.81. The molecule has 0 saturated carbocycles. The third-order valence-electron chi connectivity index (χ3n) is 9.35. The smallest absolute Gasteiger partial charge is 0.120 e. The van der Waals surface area contributed by atoms with Crippen molar-refractivity contribution in [2.75, 3.05) is 0 Å². The summed E-state index contributed by atoms with van der Waals surface area (Å²) in [7, 11) is -1.30. The van der Waals surface area contributed by atoms with Crippen molar-refractivity contribution in [2.45, 2.75) is 19.6 Å². The van der Waals surface area contributed by atoms with E-state index in [-0.39, 0.29) is 20.1 Å². The van der Waals surface area contributed by atoms with Crippen LogP contribution in [0, 0.1) is 12.1 Å². The Morgan fingerprint density at radius 3 is 2.25 bits per heavy atom. The molecule has 0 fully saturated rings. The Balaban J connectivity index is 0.000000149. The molecule has 0 bridgehead atoms. The zero-order valence-electron chi connectivity index (χ0n) is 28.8. The molecule has 0 aliphatic heterocycles. The van der Waals surface area contributed by atoms with E-state index in [1.165, 1.54) is 25.4 Å². The van der Waals surface area contributed by atoms with Crippen LogP contribution in [-0.2, 0) is 20.1 Å². The number of furan rings is 1. The quantitative estimate of drug-likeness (QED) is 0.131. The Kier molecular flexibility index (Phi) is 8.98. The largest absolute Gasteiger partial charge is 0.501 e. The van der Waals surface area contributed by atoms with Crippen LogP contribution in [-0.4, -0.2) is 22.6 Å². The number of para-hydroxylation sites is 4. The van der Waals surface area contributed by atoms with Gasteiger partial charge in [0.1, 0.15) is 5.58 Å². The van der Waals surface area contributed by atoms with Crippen LogP contribution in [0.5, 0.6) is 0 Å². The predicted octanol–water partition coefficient (Wildman–Crippen LogP) is 11.9. The van der Waals surface area contributed by atoms with Crippen molar-refractivity contribution in [2.24, 2.45) is 0 Å². The number of pyridine rings is 1. The van der Waals surface area contributed by atoms with Crippen molar-refractivity contribution in [3.63, 3.8) is 0 Å². The van der Waals surface area contributed by atoms with Gasteiger partial charge in [0.05, 0.1) is 30.5 Å². The number of thiophene rings is 1. The van der Waals surface area contributed by atoms with Crippen molar-refractivity contribution in [1.82, 2.24) is 14.5 Å². The normalized spacial score (nSPS) is 11.6. The fourth-order valence-electron chi connectivity index (χ4n) is 6.70. The molecule has 52 heavy (non-hydrogen) atoms. The van der Waals surface area contributed by atoms with Gasteiger partial charge in [0.15, 0.2) is 0 Å². The van der Waals surface area contributed by atoms with Gasteiger partial charge in [-0.15, -0.1) is 42.0 Å². The minimum atomic E-state index is -1.30. The molecule has 0 aliphatic rings. The molecule has 4 nitrogen and oxygen atoms in total. The maximum absolute atomic E-state index is 6.24. The molecule has 0 amide bonds. The summed E-state index contributed by atoms with van der Waals surface area (Å²) in [5.41, 5.74) is 7.71. The number of hydrogen-bond acceptors (Lipinski definition) is 4. The van der Waals surface area contributed by atoms with Crippen LogP contribution < -0.4 is 5.19 Å². The number of nitrogens with zero attached hydrogens (tertiary/aromatic N) is 3. The van der Waals surface area contributed by atoms with Crippen LogP contribution in [0.2, 0.25) is 19.6 Å². The third-order valence-corrected chi connectivity index (χ3v) is 12.5. The number of aromatic nitrogens is 3. The molecule has 0 atom stereocenters. The van der Waals surface area contributed by atoms with E-state index in [1.807, 2.05) is 78.2 Å². The second-order valence-corrected chi connectivity index (χ2v) is 19.9. The van der Waals surface area contributed by atoms with E-state index in [2.05, 4.69) is 115 Å². The molecular weight excluding hydrogens is 851 g/mol. The van der Waals surface area contributed by atoms with Crippen molar-refractivity contribution in [3.05, 3.63) is 158 Å². The maximum atomic E-state index is 6.24. The van der Waals surface area contributed by atoms with E-state index in [9.17, 15) is 0 Å². The molecule has 10 rings (SSSR count). The first-order valence-corrected chi connectivity index (χ1v) is 21.4. The molecule has 7 heteroatoms. The van der Waals surface area contributed by atoms with E-state index in [0.29, 0.717) is 0 Å². The van der Waals surface area contributed by atoms with E-state index in [1.54, 1.807) is 0 Å². The van der Waals surface area contributed by atoms with Gasteiger partial charge in [-0.25, -0.2) is 0 Å². The minimum absolute atomic E-state index is 0. The average molecular weight is 884 g/mol. The summed E-state index contributed by atoms with van der Waals surface area (Å²) < 4.78 is 11.0. The third kappa shape index (κ3) is 6.10. The monoisotopic (exact) mass is 884 g/mol. The number of benzene rings is 6. The van der Waals surface area contributed by atoms with Crippen LogP contribution in [0.4, 0.5) is 0 Å². The standard InChI is InChI=1S/C25H15N2O.C20H18NSSi.Ir/c1-2-9-17(10-3-1)27-22-15-6-5-14-21(22)26-25(27)20-13-8-12-19-18-11-4-7-16-23(18)28-24(19)20;1-23(2,3)15-9-10-18(21-13-15)14-8-11-20-17(12-14)16-6-4-5-7-19(16)22-20;/h1-12,14-16H;4-7,9-13H,1-3H3;/q2*-1;. The van der Waals surface area contributed by atoms with Crippen LogP contribution in [0.15, 0.2) is 150 Å². The Labute approximate surface area is 320 Å². The summed E-state index contributed by atoms with van der Waals surface area (Å²) in [5, 5.41) is 6.20. The molecule has 10 aromatic rings. The Hall–Kier alpha value is -5.17. The SMILES string of the molecule is C[Si](C)(C)c1ccc(-c2[c-]cc3sc4ccccc4c3c2)nc1.[Ir].[c-]1ccc2c(oc3ccccc32)c1-c1nc2ccccc2n1-c1ccccc1. The van der Waals surface area contributed by atoms with E-state index >= 15 is 0 Å². The van der Waals surface area contributed by atoms with Gasteiger partial charge in [-0.3, -0.25) is 4.98 Å². The van der Waals surface area contributed by atoms with Crippen molar-refractivity contribution in [3.8, 4) is 28.3 Å². The number of imidazole rings is 1. The van der Waals surface area contributed by atoms with Gasteiger partial charge in [0.25, 0.3) is 0 Å². The summed E-state index contributed by atoms with van der Waals surface area (Å²) >= 11 is 1.83. The molecular formula is C45H33IrN3OSSi-2. The van der Waals surface area contributed by atoms with Crippen molar-refractivity contribution in [1.29, 1.82) is 0 Å². The summed E-state index contributed by atoms with van der Waals surface area (Å²) in [5.74, 6) is 0.831. The molecule has 0 aliphatic carbocycles. The second-order valence-electron chi connectivity index (χ2n) is 13.7. The van der Waals surface area contributed by atoms with Gasteiger partial charge in [0, 0.05) is 42.1 Å². The molecule has 255 valence electrons.